The number of carbonyl (C=O) groups is 1. The minimum atomic E-state index is -0.121. The molecule has 0 unspecified atom stereocenters. The molecule has 0 spiro atoms. The van der Waals surface area contributed by atoms with E-state index in [1.807, 2.05) is 30.3 Å². The maximum absolute atomic E-state index is 12.8. The van der Waals surface area contributed by atoms with E-state index in [1.54, 1.807) is 18.2 Å². The summed E-state index contributed by atoms with van der Waals surface area (Å²) in [4.78, 5) is 25.0. The van der Waals surface area contributed by atoms with Crippen LogP contribution in [0.4, 0.5) is 0 Å². The Morgan fingerprint density at radius 2 is 1.93 bits per heavy atom. The third kappa shape index (κ3) is 4.34. The van der Waals surface area contributed by atoms with Crippen LogP contribution >= 0.6 is 0 Å². The monoisotopic (exact) mass is 391 g/mol. The first-order chi connectivity index (χ1) is 14.1. The van der Waals surface area contributed by atoms with E-state index < -0.39 is 0 Å². The standard InChI is InChI=1S/C24H25NO4/c1-16-7-5-6-10-21(16)25-23(26)15-28-18-11-12-19-22(13-18)29-14-20(24(19)27)17-8-3-2-4-9-17/h2-4,8-9,11-14,16,21H,5-7,10,15H2,1H3,(H,25,26)/t16-,21-/m1/s1. The Bertz CT molecular complexity index is 1060. The number of nitrogens with one attached hydrogen (secondary N) is 1. The topological polar surface area (TPSA) is 68.5 Å². The summed E-state index contributed by atoms with van der Waals surface area (Å²) in [6, 6.07) is 14.7. The molecule has 0 aliphatic heterocycles. The number of amides is 1. The van der Waals surface area contributed by atoms with Gasteiger partial charge in [-0.25, -0.2) is 0 Å². The number of ether oxygens (including phenoxy) is 1. The molecule has 5 heteroatoms. The summed E-state index contributed by atoms with van der Waals surface area (Å²) in [6.07, 6.45) is 6.04. The Labute approximate surface area is 169 Å². The summed E-state index contributed by atoms with van der Waals surface area (Å²) in [5.41, 5.74) is 1.69. The van der Waals surface area contributed by atoms with Gasteiger partial charge in [0, 0.05) is 12.1 Å². The number of hydrogen-bond acceptors (Lipinski definition) is 4. The van der Waals surface area contributed by atoms with Gasteiger partial charge in [0.05, 0.1) is 10.9 Å². The zero-order valence-corrected chi connectivity index (χ0v) is 16.5. The second kappa shape index (κ2) is 8.52. The van der Waals surface area contributed by atoms with E-state index in [-0.39, 0.29) is 24.0 Å². The number of carbonyl (C=O) groups excluding carboxylic acids is 1. The second-order valence-corrected chi connectivity index (χ2v) is 7.73. The van der Waals surface area contributed by atoms with Gasteiger partial charge in [0.15, 0.2) is 12.0 Å². The molecule has 1 amide bonds. The molecule has 4 rings (SSSR count). The summed E-state index contributed by atoms with van der Waals surface area (Å²) < 4.78 is 11.3. The highest BCUT2D eigenvalue weighted by Gasteiger charge is 2.22. The molecule has 1 heterocycles. The first kappa shape index (κ1) is 19.2. The molecule has 1 saturated carbocycles. The Morgan fingerprint density at radius 1 is 1.14 bits per heavy atom. The molecule has 2 atom stereocenters. The second-order valence-electron chi connectivity index (χ2n) is 7.73. The normalized spacial score (nSPS) is 19.1. The molecule has 0 radical (unpaired) electrons. The van der Waals surface area contributed by atoms with Crippen molar-refractivity contribution in [2.75, 3.05) is 6.61 Å². The average Bonchev–Trinajstić information content (AvgIpc) is 2.75. The summed E-state index contributed by atoms with van der Waals surface area (Å²) in [7, 11) is 0. The zero-order chi connectivity index (χ0) is 20.2. The molecule has 1 N–H and O–H groups in total. The third-order valence-electron chi connectivity index (χ3n) is 5.66. The SMILES string of the molecule is C[C@@H]1CCCC[C@H]1NC(=O)COc1ccc2c(=O)c(-c3ccccc3)coc2c1. The first-order valence-electron chi connectivity index (χ1n) is 10.1. The fourth-order valence-electron chi connectivity index (χ4n) is 3.94. The van der Waals surface area contributed by atoms with E-state index in [2.05, 4.69) is 12.2 Å². The van der Waals surface area contributed by atoms with Crippen LogP contribution in [-0.2, 0) is 4.79 Å². The van der Waals surface area contributed by atoms with Crippen LogP contribution in [0.1, 0.15) is 32.6 Å². The van der Waals surface area contributed by atoms with Gasteiger partial charge in [0.2, 0.25) is 0 Å². The zero-order valence-electron chi connectivity index (χ0n) is 16.5. The van der Waals surface area contributed by atoms with Gasteiger partial charge < -0.3 is 14.5 Å². The predicted molar refractivity (Wildman–Crippen MR) is 113 cm³/mol. The van der Waals surface area contributed by atoms with Gasteiger partial charge in [0.25, 0.3) is 5.91 Å². The number of rotatable bonds is 5. The van der Waals surface area contributed by atoms with E-state index in [0.29, 0.717) is 28.2 Å². The Hall–Kier alpha value is -3.08. The maximum Gasteiger partial charge on any atom is 0.258 e. The van der Waals surface area contributed by atoms with E-state index in [9.17, 15) is 9.59 Å². The number of hydrogen-bond donors (Lipinski definition) is 1. The quantitative estimate of drug-likeness (QED) is 0.694. The fraction of sp³-hybridized carbons (Fsp3) is 0.333. The van der Waals surface area contributed by atoms with Gasteiger partial charge >= 0.3 is 0 Å². The van der Waals surface area contributed by atoms with Gasteiger partial charge in [-0.3, -0.25) is 9.59 Å². The molecule has 0 bridgehead atoms. The van der Waals surface area contributed by atoms with Crippen LogP contribution in [0.2, 0.25) is 0 Å². The van der Waals surface area contributed by atoms with Crippen molar-refractivity contribution in [3.8, 4) is 16.9 Å². The Balaban J connectivity index is 1.45. The molecule has 2 aromatic carbocycles. The number of benzene rings is 2. The number of fused-ring (bicyclic) bond motifs is 1. The van der Waals surface area contributed by atoms with Crippen molar-refractivity contribution in [1.29, 1.82) is 0 Å². The van der Waals surface area contributed by atoms with Gasteiger partial charge in [-0.1, -0.05) is 50.1 Å². The van der Waals surface area contributed by atoms with Crippen LogP contribution in [0, 0.1) is 5.92 Å². The minimum Gasteiger partial charge on any atom is -0.484 e. The van der Waals surface area contributed by atoms with Crippen LogP contribution in [0.15, 0.2) is 64.0 Å². The lowest BCUT2D eigenvalue weighted by atomic mass is 9.86. The minimum absolute atomic E-state index is 0.0545. The van der Waals surface area contributed by atoms with Crippen molar-refractivity contribution in [3.63, 3.8) is 0 Å². The molecular weight excluding hydrogens is 366 g/mol. The van der Waals surface area contributed by atoms with E-state index in [0.717, 1.165) is 24.8 Å². The highest BCUT2D eigenvalue weighted by atomic mass is 16.5. The van der Waals surface area contributed by atoms with Gasteiger partial charge in [-0.2, -0.15) is 0 Å². The van der Waals surface area contributed by atoms with Gasteiger partial charge in [-0.15, -0.1) is 0 Å². The molecule has 1 aliphatic carbocycles. The Kier molecular flexibility index (Phi) is 5.65. The van der Waals surface area contributed by atoms with Crippen molar-refractivity contribution < 1.29 is 13.9 Å². The first-order valence-corrected chi connectivity index (χ1v) is 10.1. The smallest absolute Gasteiger partial charge is 0.258 e. The average molecular weight is 391 g/mol. The molecule has 1 aromatic heterocycles. The third-order valence-corrected chi connectivity index (χ3v) is 5.66. The molecule has 3 aromatic rings. The summed E-state index contributed by atoms with van der Waals surface area (Å²) in [5, 5.41) is 3.56. The van der Waals surface area contributed by atoms with E-state index >= 15 is 0 Å². The lowest BCUT2D eigenvalue weighted by Gasteiger charge is -2.29. The van der Waals surface area contributed by atoms with Crippen LogP contribution in [0.3, 0.4) is 0 Å². The molecule has 150 valence electrons. The van der Waals surface area contributed by atoms with E-state index in [4.69, 9.17) is 9.15 Å². The summed E-state index contributed by atoms with van der Waals surface area (Å²) in [6.45, 7) is 2.13. The van der Waals surface area contributed by atoms with Crippen molar-refractivity contribution in [3.05, 3.63) is 65.0 Å². The van der Waals surface area contributed by atoms with Crippen LogP contribution in [0.25, 0.3) is 22.1 Å². The molecular formula is C24H25NO4. The highest BCUT2D eigenvalue weighted by molar-refractivity contribution is 5.83. The molecule has 0 saturated heterocycles. The Morgan fingerprint density at radius 3 is 2.72 bits per heavy atom. The summed E-state index contributed by atoms with van der Waals surface area (Å²) >= 11 is 0. The van der Waals surface area contributed by atoms with Gasteiger partial charge in [0.1, 0.15) is 17.6 Å². The van der Waals surface area contributed by atoms with Crippen molar-refractivity contribution >= 4 is 16.9 Å². The van der Waals surface area contributed by atoms with Crippen LogP contribution in [0.5, 0.6) is 5.75 Å². The fourth-order valence-corrected chi connectivity index (χ4v) is 3.94. The molecule has 1 aliphatic rings. The summed E-state index contributed by atoms with van der Waals surface area (Å²) in [5.74, 6) is 0.881. The molecule has 29 heavy (non-hydrogen) atoms. The highest BCUT2D eigenvalue weighted by Crippen LogP contribution is 2.24. The maximum atomic E-state index is 12.8. The lowest BCUT2D eigenvalue weighted by molar-refractivity contribution is -0.124. The van der Waals surface area contributed by atoms with Crippen molar-refractivity contribution in [2.45, 2.75) is 38.6 Å². The van der Waals surface area contributed by atoms with Crippen molar-refractivity contribution in [1.82, 2.24) is 5.32 Å². The predicted octanol–water partition coefficient (Wildman–Crippen LogP) is 4.53. The molecule has 5 nitrogen and oxygen atoms in total. The largest absolute Gasteiger partial charge is 0.484 e. The van der Waals surface area contributed by atoms with Crippen LogP contribution in [-0.4, -0.2) is 18.6 Å². The van der Waals surface area contributed by atoms with E-state index in [1.165, 1.54) is 12.7 Å². The van der Waals surface area contributed by atoms with Crippen molar-refractivity contribution in [2.24, 2.45) is 5.92 Å². The van der Waals surface area contributed by atoms with Crippen LogP contribution < -0.4 is 15.5 Å². The molecule has 1 fully saturated rings. The van der Waals surface area contributed by atoms with Gasteiger partial charge in [-0.05, 0) is 36.5 Å². The lowest BCUT2D eigenvalue weighted by Crippen LogP contribution is -2.43.